The summed E-state index contributed by atoms with van der Waals surface area (Å²) >= 11 is 1.39. The summed E-state index contributed by atoms with van der Waals surface area (Å²) in [5, 5.41) is 0.700. The van der Waals surface area contributed by atoms with Crippen molar-refractivity contribution < 1.29 is 4.79 Å². The Kier molecular flexibility index (Phi) is 3.24. The van der Waals surface area contributed by atoms with Crippen molar-refractivity contribution in [2.45, 2.75) is 19.3 Å². The van der Waals surface area contributed by atoms with E-state index in [0.29, 0.717) is 15.3 Å². The summed E-state index contributed by atoms with van der Waals surface area (Å²) < 4.78 is 0. The molecule has 1 aromatic heterocycles. The number of hydrogen-bond acceptors (Lipinski definition) is 3. The van der Waals surface area contributed by atoms with Gasteiger partial charge in [0, 0.05) is 24.1 Å². The Morgan fingerprint density at radius 1 is 1.18 bits per heavy atom. The summed E-state index contributed by atoms with van der Waals surface area (Å²) in [6, 6.07) is 9.81. The minimum absolute atomic E-state index is 0.114. The standard InChI is InChI=1S/C18H16N2OS/c21-17(20-12-18(13-20)9-4-10-18)15-11-19-16(22-15)8-7-14-5-2-1-3-6-14/h1-3,5-6,11H,4,9-10,12-13H2. The summed E-state index contributed by atoms with van der Waals surface area (Å²) in [5.74, 6) is 6.22. The molecule has 1 aromatic carbocycles. The Morgan fingerprint density at radius 3 is 2.64 bits per heavy atom. The number of carbonyl (C=O) groups excluding carboxylic acids is 1. The molecule has 0 unspecified atom stereocenters. The Labute approximate surface area is 134 Å². The van der Waals surface area contributed by atoms with E-state index in [9.17, 15) is 4.79 Å². The molecule has 1 amide bonds. The Balaban J connectivity index is 1.43. The highest BCUT2D eigenvalue weighted by Gasteiger charge is 2.49. The molecule has 1 aliphatic heterocycles. The lowest BCUT2D eigenvalue weighted by atomic mass is 9.63. The van der Waals surface area contributed by atoms with Crippen LogP contribution in [0.4, 0.5) is 0 Å². The monoisotopic (exact) mass is 308 g/mol. The van der Waals surface area contributed by atoms with Crippen LogP contribution in [-0.4, -0.2) is 28.9 Å². The van der Waals surface area contributed by atoms with E-state index in [1.165, 1.54) is 30.6 Å². The molecule has 0 bridgehead atoms. The largest absolute Gasteiger partial charge is 0.337 e. The molecule has 1 saturated carbocycles. The number of rotatable bonds is 1. The van der Waals surface area contributed by atoms with Crippen LogP contribution in [0.15, 0.2) is 36.5 Å². The first kappa shape index (κ1) is 13.5. The van der Waals surface area contributed by atoms with E-state index in [1.54, 1.807) is 6.20 Å². The lowest BCUT2D eigenvalue weighted by Gasteiger charge is -2.55. The van der Waals surface area contributed by atoms with Gasteiger partial charge in [0.25, 0.3) is 5.91 Å². The van der Waals surface area contributed by atoms with Gasteiger partial charge in [-0.25, -0.2) is 4.98 Å². The first-order valence-electron chi connectivity index (χ1n) is 7.56. The van der Waals surface area contributed by atoms with E-state index in [2.05, 4.69) is 16.8 Å². The van der Waals surface area contributed by atoms with Crippen LogP contribution in [-0.2, 0) is 0 Å². The second-order valence-electron chi connectivity index (χ2n) is 6.16. The second-order valence-corrected chi connectivity index (χ2v) is 7.19. The molecule has 2 heterocycles. The van der Waals surface area contributed by atoms with E-state index >= 15 is 0 Å². The molecule has 1 spiro atoms. The number of amides is 1. The third kappa shape index (κ3) is 2.42. The summed E-state index contributed by atoms with van der Waals surface area (Å²) in [7, 11) is 0. The highest BCUT2D eigenvalue weighted by Crippen LogP contribution is 2.48. The van der Waals surface area contributed by atoms with Gasteiger partial charge >= 0.3 is 0 Å². The minimum Gasteiger partial charge on any atom is -0.337 e. The molecular formula is C18H16N2OS. The number of likely N-dealkylation sites (tertiary alicyclic amines) is 1. The zero-order chi connectivity index (χ0) is 15.0. The quantitative estimate of drug-likeness (QED) is 0.758. The highest BCUT2D eigenvalue weighted by atomic mass is 32.1. The maximum absolute atomic E-state index is 12.4. The van der Waals surface area contributed by atoms with Crippen molar-refractivity contribution >= 4 is 17.2 Å². The minimum atomic E-state index is 0.114. The van der Waals surface area contributed by atoms with Crippen LogP contribution in [0.25, 0.3) is 0 Å². The smallest absolute Gasteiger partial charge is 0.265 e. The Bertz CT molecular complexity index is 757. The topological polar surface area (TPSA) is 33.2 Å². The number of hydrogen-bond donors (Lipinski definition) is 0. The van der Waals surface area contributed by atoms with Crippen molar-refractivity contribution in [2.75, 3.05) is 13.1 Å². The molecule has 4 rings (SSSR count). The fourth-order valence-electron chi connectivity index (χ4n) is 3.13. The van der Waals surface area contributed by atoms with Crippen LogP contribution in [0.3, 0.4) is 0 Å². The predicted molar refractivity (Wildman–Crippen MR) is 86.7 cm³/mol. The molecule has 3 nitrogen and oxygen atoms in total. The maximum Gasteiger partial charge on any atom is 0.265 e. The second kappa shape index (κ2) is 5.26. The first-order valence-corrected chi connectivity index (χ1v) is 8.38. The summed E-state index contributed by atoms with van der Waals surface area (Å²) in [4.78, 5) is 19.3. The van der Waals surface area contributed by atoms with Gasteiger partial charge < -0.3 is 4.90 Å². The Hall–Kier alpha value is -2.12. The zero-order valence-corrected chi connectivity index (χ0v) is 13.0. The molecule has 0 N–H and O–H groups in total. The molecule has 1 aliphatic carbocycles. The molecule has 22 heavy (non-hydrogen) atoms. The third-order valence-corrected chi connectivity index (χ3v) is 5.46. The average Bonchev–Trinajstić information content (AvgIpc) is 2.92. The van der Waals surface area contributed by atoms with Crippen LogP contribution in [0.5, 0.6) is 0 Å². The first-order chi connectivity index (χ1) is 10.7. The van der Waals surface area contributed by atoms with Gasteiger partial charge in [-0.1, -0.05) is 30.5 Å². The molecular weight excluding hydrogens is 292 g/mol. The number of aromatic nitrogens is 1. The van der Waals surface area contributed by atoms with Crippen LogP contribution in [0.1, 0.15) is 39.5 Å². The summed E-state index contributed by atoms with van der Waals surface area (Å²) in [6.07, 6.45) is 5.55. The fraction of sp³-hybridized carbons (Fsp3) is 0.333. The van der Waals surface area contributed by atoms with Crippen molar-refractivity contribution in [3.8, 4) is 11.8 Å². The average molecular weight is 308 g/mol. The molecule has 0 atom stereocenters. The molecule has 2 aliphatic rings. The van der Waals surface area contributed by atoms with E-state index in [0.717, 1.165) is 18.7 Å². The number of thiazole rings is 1. The van der Waals surface area contributed by atoms with Gasteiger partial charge in [0.05, 0.1) is 6.20 Å². The van der Waals surface area contributed by atoms with Crippen LogP contribution in [0.2, 0.25) is 0 Å². The van der Waals surface area contributed by atoms with Crippen LogP contribution < -0.4 is 0 Å². The van der Waals surface area contributed by atoms with Crippen molar-refractivity contribution in [1.82, 2.24) is 9.88 Å². The van der Waals surface area contributed by atoms with E-state index in [4.69, 9.17) is 0 Å². The number of carbonyl (C=O) groups is 1. The molecule has 2 aromatic rings. The third-order valence-electron chi connectivity index (χ3n) is 4.56. The van der Waals surface area contributed by atoms with Gasteiger partial charge in [0.1, 0.15) is 4.88 Å². The van der Waals surface area contributed by atoms with Crippen molar-refractivity contribution in [1.29, 1.82) is 0 Å². The van der Waals surface area contributed by atoms with E-state index in [-0.39, 0.29) is 5.91 Å². The van der Waals surface area contributed by atoms with Crippen LogP contribution >= 0.6 is 11.3 Å². The lowest BCUT2D eigenvalue weighted by Crippen LogP contribution is -2.61. The summed E-state index contributed by atoms with van der Waals surface area (Å²) in [5.41, 5.74) is 1.43. The van der Waals surface area contributed by atoms with E-state index < -0.39 is 0 Å². The normalized spacial score (nSPS) is 18.1. The number of nitrogens with zero attached hydrogens (tertiary/aromatic N) is 2. The molecule has 4 heteroatoms. The van der Waals surface area contributed by atoms with Crippen LogP contribution in [0, 0.1) is 17.3 Å². The number of benzene rings is 1. The van der Waals surface area contributed by atoms with Gasteiger partial charge in [-0.3, -0.25) is 4.79 Å². The summed E-state index contributed by atoms with van der Waals surface area (Å²) in [6.45, 7) is 1.85. The van der Waals surface area contributed by atoms with Gasteiger partial charge in [-0.2, -0.15) is 0 Å². The fourth-order valence-corrected chi connectivity index (χ4v) is 3.87. The highest BCUT2D eigenvalue weighted by molar-refractivity contribution is 7.14. The zero-order valence-electron chi connectivity index (χ0n) is 12.2. The van der Waals surface area contributed by atoms with Gasteiger partial charge in [0.2, 0.25) is 0 Å². The van der Waals surface area contributed by atoms with Crippen molar-refractivity contribution in [2.24, 2.45) is 5.41 Å². The molecule has 110 valence electrons. The van der Waals surface area contributed by atoms with Crippen molar-refractivity contribution in [3.63, 3.8) is 0 Å². The van der Waals surface area contributed by atoms with Gasteiger partial charge in [0.15, 0.2) is 5.01 Å². The van der Waals surface area contributed by atoms with Crippen molar-refractivity contribution in [3.05, 3.63) is 52.0 Å². The Morgan fingerprint density at radius 2 is 1.95 bits per heavy atom. The SMILES string of the molecule is O=C(c1cnc(C#Cc2ccccc2)s1)N1CC2(CCC2)C1. The molecule has 2 fully saturated rings. The van der Waals surface area contributed by atoms with Gasteiger partial charge in [-0.05, 0) is 30.9 Å². The molecule has 0 radical (unpaired) electrons. The molecule has 1 saturated heterocycles. The van der Waals surface area contributed by atoms with Gasteiger partial charge in [-0.15, -0.1) is 11.3 Å². The maximum atomic E-state index is 12.4. The van der Waals surface area contributed by atoms with E-state index in [1.807, 2.05) is 35.2 Å². The predicted octanol–water partition coefficient (Wildman–Crippen LogP) is 3.17. The lowest BCUT2D eigenvalue weighted by molar-refractivity contribution is -0.0423.